The van der Waals surface area contributed by atoms with Crippen LogP contribution in [0, 0.1) is 0 Å². The van der Waals surface area contributed by atoms with Crippen molar-refractivity contribution in [2.24, 2.45) is 5.84 Å². The molecule has 8 heteroatoms. The Kier molecular flexibility index (Phi) is 4.23. The maximum atomic E-state index is 11.9. The van der Waals surface area contributed by atoms with E-state index in [-0.39, 0.29) is 12.1 Å². The number of furan rings is 1. The van der Waals surface area contributed by atoms with E-state index in [0.717, 1.165) is 4.47 Å². The van der Waals surface area contributed by atoms with Crippen molar-refractivity contribution < 1.29 is 9.21 Å². The topological polar surface area (TPSA) is 90.3 Å². The monoisotopic (exact) mass is 389 g/mol. The fourth-order valence-electron chi connectivity index (χ4n) is 1.58. The van der Waals surface area contributed by atoms with Gasteiger partial charge in [0.1, 0.15) is 5.76 Å². The van der Waals surface area contributed by atoms with E-state index < -0.39 is 5.91 Å². The fourth-order valence-corrected chi connectivity index (χ4v) is 2.84. The van der Waals surface area contributed by atoms with E-state index >= 15 is 0 Å². The average molecular weight is 391 g/mol. The van der Waals surface area contributed by atoms with Crippen molar-refractivity contribution in [3.05, 3.63) is 55.2 Å². The van der Waals surface area contributed by atoms with Gasteiger partial charge < -0.3 is 8.98 Å². The van der Waals surface area contributed by atoms with E-state index in [0.29, 0.717) is 15.8 Å². The number of pyridine rings is 1. The normalized spacial score (nSPS) is 10.5. The summed E-state index contributed by atoms with van der Waals surface area (Å²) in [5.74, 6) is 4.97. The minimum Gasteiger partial charge on any atom is -0.467 e. The largest absolute Gasteiger partial charge is 0.467 e. The van der Waals surface area contributed by atoms with E-state index in [1.165, 1.54) is 16.9 Å². The summed E-state index contributed by atoms with van der Waals surface area (Å²) in [6.45, 7) is 0.132. The number of hydrogen-bond acceptors (Lipinski definition) is 4. The van der Waals surface area contributed by atoms with Gasteiger partial charge >= 0.3 is 0 Å². The van der Waals surface area contributed by atoms with Crippen molar-refractivity contribution in [3.63, 3.8) is 0 Å². The second-order valence-corrected chi connectivity index (χ2v) is 5.44. The highest BCUT2D eigenvalue weighted by Gasteiger charge is 2.15. The van der Waals surface area contributed by atoms with Crippen LogP contribution in [0.3, 0.4) is 0 Å². The lowest BCUT2D eigenvalue weighted by molar-refractivity contribution is 0.0951. The van der Waals surface area contributed by atoms with Crippen molar-refractivity contribution >= 4 is 37.8 Å². The molecule has 100 valence electrons. The fraction of sp³-hybridized carbons (Fsp3) is 0.0909. The molecule has 0 spiro atoms. The van der Waals surface area contributed by atoms with Crippen molar-refractivity contribution in [1.29, 1.82) is 0 Å². The maximum Gasteiger partial charge on any atom is 0.268 e. The van der Waals surface area contributed by atoms with Gasteiger partial charge in [0.2, 0.25) is 0 Å². The van der Waals surface area contributed by atoms with Gasteiger partial charge in [0.25, 0.3) is 11.5 Å². The van der Waals surface area contributed by atoms with Gasteiger partial charge in [-0.25, -0.2) is 5.84 Å². The molecular weight excluding hydrogens is 382 g/mol. The van der Waals surface area contributed by atoms with Gasteiger partial charge in [0.05, 0.1) is 22.8 Å². The molecule has 0 bridgehead atoms. The number of rotatable bonds is 3. The molecule has 0 saturated carbocycles. The molecule has 1 amide bonds. The van der Waals surface area contributed by atoms with Gasteiger partial charge in [-0.3, -0.25) is 15.0 Å². The number of carbonyl (C=O) groups is 1. The Bertz CT molecular complexity index is 678. The Morgan fingerprint density at radius 3 is 2.89 bits per heavy atom. The number of nitrogens with one attached hydrogen (secondary N) is 1. The number of aromatic nitrogens is 1. The average Bonchev–Trinajstić information content (AvgIpc) is 2.82. The molecule has 0 aliphatic rings. The molecule has 0 saturated heterocycles. The van der Waals surface area contributed by atoms with E-state index in [9.17, 15) is 9.59 Å². The molecule has 19 heavy (non-hydrogen) atoms. The Morgan fingerprint density at radius 1 is 1.47 bits per heavy atom. The molecule has 2 aromatic rings. The van der Waals surface area contributed by atoms with E-state index in [4.69, 9.17) is 10.3 Å². The Hall–Kier alpha value is -1.38. The van der Waals surface area contributed by atoms with Crippen molar-refractivity contribution in [2.75, 3.05) is 0 Å². The molecule has 0 unspecified atom stereocenters. The van der Waals surface area contributed by atoms with Gasteiger partial charge in [-0.1, -0.05) is 0 Å². The summed E-state index contributed by atoms with van der Waals surface area (Å²) in [5, 5.41) is 0. The smallest absolute Gasteiger partial charge is 0.268 e. The first-order valence-electron chi connectivity index (χ1n) is 5.15. The molecule has 0 aliphatic carbocycles. The maximum absolute atomic E-state index is 11.9. The molecule has 0 aliphatic heterocycles. The standard InChI is InChI=1S/C11H9Br2N3O3/c12-6-3-8(13)11(18)16(4-6)5-9-7(1-2-19-9)10(17)15-14/h1-4H,5,14H2,(H,15,17). The van der Waals surface area contributed by atoms with E-state index in [1.54, 1.807) is 12.3 Å². The number of nitrogens with two attached hydrogens (primary N) is 1. The first-order chi connectivity index (χ1) is 9.02. The summed E-state index contributed by atoms with van der Waals surface area (Å²) in [4.78, 5) is 23.4. The summed E-state index contributed by atoms with van der Waals surface area (Å²) in [5.41, 5.74) is 2.10. The van der Waals surface area contributed by atoms with Crippen molar-refractivity contribution in [2.45, 2.75) is 6.54 Å². The lowest BCUT2D eigenvalue weighted by atomic mass is 10.2. The third kappa shape index (κ3) is 2.96. The van der Waals surface area contributed by atoms with Crippen molar-refractivity contribution in [3.8, 4) is 0 Å². The molecule has 2 aromatic heterocycles. The predicted molar refractivity (Wildman–Crippen MR) is 75.6 cm³/mol. The molecular formula is C11H9Br2N3O3. The Labute approximate surface area is 124 Å². The second-order valence-electron chi connectivity index (χ2n) is 3.67. The minimum absolute atomic E-state index is 0.132. The summed E-state index contributed by atoms with van der Waals surface area (Å²) in [7, 11) is 0. The number of halogens is 2. The zero-order chi connectivity index (χ0) is 14.0. The van der Waals surface area contributed by atoms with Crippen LogP contribution in [0.5, 0.6) is 0 Å². The van der Waals surface area contributed by atoms with Gasteiger partial charge in [-0.2, -0.15) is 0 Å². The molecule has 2 rings (SSSR count). The number of nitrogens with zero attached hydrogens (tertiary/aromatic N) is 1. The van der Waals surface area contributed by atoms with Crippen LogP contribution in [0.15, 0.2) is 42.7 Å². The van der Waals surface area contributed by atoms with E-state index in [2.05, 4.69) is 31.9 Å². The number of carbonyl (C=O) groups excluding carboxylic acids is 1. The molecule has 0 atom stereocenters. The molecule has 2 heterocycles. The Morgan fingerprint density at radius 2 is 2.21 bits per heavy atom. The summed E-state index contributed by atoms with van der Waals surface area (Å²) in [6, 6.07) is 3.14. The zero-order valence-corrected chi connectivity index (χ0v) is 12.7. The first kappa shape index (κ1) is 14.0. The van der Waals surface area contributed by atoms with Crippen molar-refractivity contribution in [1.82, 2.24) is 9.99 Å². The van der Waals surface area contributed by atoms with Crippen LogP contribution in [0.25, 0.3) is 0 Å². The predicted octanol–water partition coefficient (Wildman–Crippen LogP) is 1.62. The van der Waals surface area contributed by atoms with Gasteiger partial charge in [0.15, 0.2) is 0 Å². The summed E-state index contributed by atoms with van der Waals surface area (Å²) in [6.07, 6.45) is 2.98. The number of amides is 1. The van der Waals surface area contributed by atoms with Crippen LogP contribution in [0.1, 0.15) is 16.1 Å². The lowest BCUT2D eigenvalue weighted by Gasteiger charge is -2.06. The Balaban J connectivity index is 2.40. The molecule has 0 radical (unpaired) electrons. The second kappa shape index (κ2) is 5.72. The van der Waals surface area contributed by atoms with Crippen LogP contribution >= 0.6 is 31.9 Å². The zero-order valence-electron chi connectivity index (χ0n) is 9.52. The third-order valence-corrected chi connectivity index (χ3v) is 3.45. The highest BCUT2D eigenvalue weighted by molar-refractivity contribution is 9.11. The van der Waals surface area contributed by atoms with E-state index in [1.807, 2.05) is 5.43 Å². The number of nitrogen functional groups attached to an aromatic ring is 1. The highest BCUT2D eigenvalue weighted by atomic mass is 79.9. The van der Waals surface area contributed by atoms with Crippen LogP contribution in [0.2, 0.25) is 0 Å². The highest BCUT2D eigenvalue weighted by Crippen LogP contribution is 2.16. The minimum atomic E-state index is -0.467. The summed E-state index contributed by atoms with van der Waals surface area (Å²) >= 11 is 6.46. The number of hydrogen-bond donors (Lipinski definition) is 2. The van der Waals surface area contributed by atoms with Crippen LogP contribution in [0.4, 0.5) is 0 Å². The van der Waals surface area contributed by atoms with Gasteiger partial charge in [-0.15, -0.1) is 0 Å². The lowest BCUT2D eigenvalue weighted by Crippen LogP contribution is -2.31. The molecule has 6 nitrogen and oxygen atoms in total. The number of hydrazine groups is 1. The van der Waals surface area contributed by atoms with Gasteiger partial charge in [-0.05, 0) is 44.0 Å². The molecule has 3 N–H and O–H groups in total. The quantitative estimate of drug-likeness (QED) is 0.473. The third-order valence-electron chi connectivity index (χ3n) is 2.44. The van der Waals surface area contributed by atoms with Crippen LogP contribution in [-0.4, -0.2) is 10.5 Å². The van der Waals surface area contributed by atoms with Crippen LogP contribution < -0.4 is 16.8 Å². The molecule has 0 fully saturated rings. The SMILES string of the molecule is NNC(=O)c1ccoc1Cn1cc(Br)cc(Br)c1=O. The molecule has 0 aromatic carbocycles. The van der Waals surface area contributed by atoms with Gasteiger partial charge in [0, 0.05) is 10.7 Å². The van der Waals surface area contributed by atoms with Crippen LogP contribution in [-0.2, 0) is 6.54 Å². The first-order valence-corrected chi connectivity index (χ1v) is 6.74. The summed E-state index contributed by atoms with van der Waals surface area (Å²) < 4.78 is 7.78.